The third-order valence-corrected chi connectivity index (χ3v) is 6.30. The minimum absolute atomic E-state index is 0.0576. The van der Waals surface area contributed by atoms with Crippen LogP contribution in [0.25, 0.3) is 0 Å². The lowest BCUT2D eigenvalue weighted by Gasteiger charge is -2.30. The molecular weight excluding hydrogens is 406 g/mol. The monoisotopic (exact) mass is 437 g/mol. The van der Waals surface area contributed by atoms with Gasteiger partial charge in [0.05, 0.1) is 31.3 Å². The van der Waals surface area contributed by atoms with Gasteiger partial charge in [0.25, 0.3) is 0 Å². The summed E-state index contributed by atoms with van der Waals surface area (Å²) >= 11 is 0. The number of carbonyl (C=O) groups is 2. The predicted molar refractivity (Wildman–Crippen MR) is 121 cm³/mol. The lowest BCUT2D eigenvalue weighted by molar-refractivity contribution is -0.133. The average molecular weight is 438 g/mol. The summed E-state index contributed by atoms with van der Waals surface area (Å²) in [6, 6.07) is 7.70. The van der Waals surface area contributed by atoms with Crippen LogP contribution in [0.4, 0.5) is 5.82 Å². The second kappa shape index (κ2) is 9.54. The van der Waals surface area contributed by atoms with E-state index in [4.69, 9.17) is 14.7 Å². The van der Waals surface area contributed by atoms with E-state index >= 15 is 0 Å². The Bertz CT molecular complexity index is 992. The maximum atomic E-state index is 13.0. The minimum atomic E-state index is -0.121. The lowest BCUT2D eigenvalue weighted by Crippen LogP contribution is -2.36. The van der Waals surface area contributed by atoms with E-state index in [1.165, 1.54) is 0 Å². The van der Waals surface area contributed by atoms with Crippen molar-refractivity contribution in [2.75, 3.05) is 32.1 Å². The van der Waals surface area contributed by atoms with Crippen LogP contribution in [0.2, 0.25) is 0 Å². The molecular formula is C24H31N5O3. The van der Waals surface area contributed by atoms with Gasteiger partial charge in [-0.05, 0) is 31.4 Å². The van der Waals surface area contributed by atoms with Gasteiger partial charge in [0.1, 0.15) is 11.6 Å². The highest BCUT2D eigenvalue weighted by molar-refractivity contribution is 5.77. The molecule has 170 valence electrons. The molecule has 1 N–H and O–H groups in total. The van der Waals surface area contributed by atoms with E-state index in [0.29, 0.717) is 44.9 Å². The average Bonchev–Trinajstić information content (AvgIpc) is 3.29. The van der Waals surface area contributed by atoms with Crippen LogP contribution in [0.3, 0.4) is 0 Å². The Kier molecular flexibility index (Phi) is 6.58. The largest absolute Gasteiger partial charge is 0.493 e. The standard InChI is InChI=1S/C24H31N5O3/c1-16-7-4-5-9-21(16)32-14-11-22(31)29-12-6-8-20(29)24-26-19-10-13-28(17(2)30)15-18(19)23(25-3)27-24/h4-5,7,9,20H,6,8,10-15H2,1-3H3,(H,25,26,27)/t20-/m0/s1. The summed E-state index contributed by atoms with van der Waals surface area (Å²) in [5, 5.41) is 3.17. The molecule has 32 heavy (non-hydrogen) atoms. The fourth-order valence-electron chi connectivity index (χ4n) is 4.50. The van der Waals surface area contributed by atoms with Crippen molar-refractivity contribution in [3.8, 4) is 5.75 Å². The summed E-state index contributed by atoms with van der Waals surface area (Å²) < 4.78 is 5.83. The molecule has 0 bridgehead atoms. The van der Waals surface area contributed by atoms with Gasteiger partial charge >= 0.3 is 0 Å². The van der Waals surface area contributed by atoms with Crippen LogP contribution in [0.15, 0.2) is 24.3 Å². The predicted octanol–water partition coefficient (Wildman–Crippen LogP) is 2.86. The molecule has 1 aromatic heterocycles. The smallest absolute Gasteiger partial charge is 0.226 e. The van der Waals surface area contributed by atoms with Gasteiger partial charge < -0.3 is 19.9 Å². The SMILES string of the molecule is CNc1nc([C@@H]2CCCN2C(=O)CCOc2ccccc2C)nc2c1CN(C(C)=O)CC2. The van der Waals surface area contributed by atoms with E-state index in [1.54, 1.807) is 6.92 Å². The van der Waals surface area contributed by atoms with Crippen LogP contribution in [-0.2, 0) is 22.6 Å². The van der Waals surface area contributed by atoms with Gasteiger partial charge in [0, 0.05) is 39.0 Å². The number of amides is 2. The number of hydrogen-bond donors (Lipinski definition) is 1. The van der Waals surface area contributed by atoms with Crippen molar-refractivity contribution in [2.24, 2.45) is 0 Å². The first kappa shape index (κ1) is 22.0. The number of carbonyl (C=O) groups excluding carboxylic acids is 2. The van der Waals surface area contributed by atoms with Crippen LogP contribution >= 0.6 is 0 Å². The zero-order chi connectivity index (χ0) is 22.7. The van der Waals surface area contributed by atoms with E-state index in [2.05, 4.69) is 5.32 Å². The Hall–Kier alpha value is -3.16. The van der Waals surface area contributed by atoms with E-state index in [9.17, 15) is 9.59 Å². The molecule has 1 saturated heterocycles. The van der Waals surface area contributed by atoms with Crippen LogP contribution in [0, 0.1) is 6.92 Å². The van der Waals surface area contributed by atoms with Crippen molar-refractivity contribution in [2.45, 2.75) is 52.1 Å². The first-order valence-electron chi connectivity index (χ1n) is 11.3. The van der Waals surface area contributed by atoms with E-state index in [0.717, 1.165) is 41.2 Å². The highest BCUT2D eigenvalue weighted by atomic mass is 16.5. The number of nitrogens with zero attached hydrogens (tertiary/aromatic N) is 4. The topological polar surface area (TPSA) is 87.7 Å². The number of fused-ring (bicyclic) bond motifs is 1. The van der Waals surface area contributed by atoms with Gasteiger partial charge in [0.15, 0.2) is 5.82 Å². The molecule has 2 aromatic rings. The summed E-state index contributed by atoms with van der Waals surface area (Å²) in [6.07, 6.45) is 2.81. The Morgan fingerprint density at radius 1 is 1.22 bits per heavy atom. The van der Waals surface area contributed by atoms with Crippen molar-refractivity contribution in [3.63, 3.8) is 0 Å². The number of hydrogen-bond acceptors (Lipinski definition) is 6. The van der Waals surface area contributed by atoms with E-state index in [-0.39, 0.29) is 17.9 Å². The second-order valence-corrected chi connectivity index (χ2v) is 8.41. The molecule has 8 nitrogen and oxygen atoms in total. The van der Waals surface area contributed by atoms with Gasteiger partial charge in [0.2, 0.25) is 11.8 Å². The summed E-state index contributed by atoms with van der Waals surface area (Å²) in [7, 11) is 1.83. The van der Waals surface area contributed by atoms with Gasteiger partial charge in [-0.1, -0.05) is 18.2 Å². The van der Waals surface area contributed by atoms with E-state index in [1.807, 2.05) is 48.0 Å². The summed E-state index contributed by atoms with van der Waals surface area (Å²) in [5.74, 6) is 2.38. The molecule has 2 amide bonds. The fraction of sp³-hybridized carbons (Fsp3) is 0.500. The molecule has 0 saturated carbocycles. The fourth-order valence-corrected chi connectivity index (χ4v) is 4.50. The van der Waals surface area contributed by atoms with Gasteiger partial charge in [-0.3, -0.25) is 9.59 Å². The Labute approximate surface area is 189 Å². The Balaban J connectivity index is 1.46. The second-order valence-electron chi connectivity index (χ2n) is 8.41. The van der Waals surface area contributed by atoms with Gasteiger partial charge in [-0.25, -0.2) is 9.97 Å². The molecule has 8 heteroatoms. The molecule has 1 atom stereocenters. The number of rotatable bonds is 6. The first-order valence-corrected chi connectivity index (χ1v) is 11.3. The summed E-state index contributed by atoms with van der Waals surface area (Å²) in [6.45, 7) is 5.82. The third-order valence-electron chi connectivity index (χ3n) is 6.30. The molecule has 0 unspecified atom stereocenters. The number of nitrogens with one attached hydrogen (secondary N) is 1. The number of aryl methyl sites for hydroxylation is 1. The maximum absolute atomic E-state index is 13.0. The summed E-state index contributed by atoms with van der Waals surface area (Å²) in [5.41, 5.74) is 3.00. The quantitative estimate of drug-likeness (QED) is 0.748. The minimum Gasteiger partial charge on any atom is -0.493 e. The maximum Gasteiger partial charge on any atom is 0.226 e. The molecule has 0 radical (unpaired) electrons. The third kappa shape index (κ3) is 4.54. The van der Waals surface area contributed by atoms with Crippen LogP contribution < -0.4 is 10.1 Å². The lowest BCUT2D eigenvalue weighted by atomic mass is 10.0. The van der Waals surface area contributed by atoms with Crippen molar-refractivity contribution in [1.29, 1.82) is 0 Å². The molecule has 0 spiro atoms. The molecule has 3 heterocycles. The highest BCUT2D eigenvalue weighted by Gasteiger charge is 2.33. The van der Waals surface area contributed by atoms with Crippen molar-refractivity contribution in [3.05, 3.63) is 46.9 Å². The van der Waals surface area contributed by atoms with Crippen molar-refractivity contribution in [1.82, 2.24) is 19.8 Å². The normalized spacial score (nSPS) is 17.8. The zero-order valence-electron chi connectivity index (χ0n) is 19.1. The number of ether oxygens (including phenoxy) is 1. The molecule has 1 aromatic carbocycles. The molecule has 0 aliphatic carbocycles. The van der Waals surface area contributed by atoms with Crippen LogP contribution in [0.1, 0.15) is 54.9 Å². The van der Waals surface area contributed by atoms with Crippen molar-refractivity contribution < 1.29 is 14.3 Å². The number of benzene rings is 1. The number of aromatic nitrogens is 2. The summed E-state index contributed by atoms with van der Waals surface area (Å²) in [4.78, 5) is 38.1. The number of anilines is 1. The number of likely N-dealkylation sites (tertiary alicyclic amines) is 1. The molecule has 2 aliphatic rings. The zero-order valence-corrected chi connectivity index (χ0v) is 19.1. The number of para-hydroxylation sites is 1. The molecule has 4 rings (SSSR count). The van der Waals surface area contributed by atoms with Crippen molar-refractivity contribution >= 4 is 17.6 Å². The highest BCUT2D eigenvalue weighted by Crippen LogP contribution is 2.33. The van der Waals surface area contributed by atoms with Crippen LogP contribution in [-0.4, -0.2) is 58.3 Å². The van der Waals surface area contributed by atoms with E-state index < -0.39 is 0 Å². The van der Waals surface area contributed by atoms with Gasteiger partial charge in [-0.2, -0.15) is 0 Å². The first-order chi connectivity index (χ1) is 15.5. The molecule has 2 aliphatic heterocycles. The Morgan fingerprint density at radius 3 is 2.78 bits per heavy atom. The van der Waals surface area contributed by atoms with Crippen LogP contribution in [0.5, 0.6) is 5.75 Å². The molecule has 1 fully saturated rings. The Morgan fingerprint density at radius 2 is 2.03 bits per heavy atom. The van der Waals surface area contributed by atoms with Gasteiger partial charge in [-0.15, -0.1) is 0 Å².